The Hall–Kier alpha value is -1.62. The molecule has 1 aromatic carbocycles. The van der Waals surface area contributed by atoms with Gasteiger partial charge in [-0.25, -0.2) is 4.98 Å². The highest BCUT2D eigenvalue weighted by molar-refractivity contribution is 6.33. The maximum absolute atomic E-state index is 12.1. The molecule has 1 amide bonds. The number of benzene rings is 1. The van der Waals surface area contributed by atoms with Crippen molar-refractivity contribution in [3.05, 3.63) is 63.4 Å². The lowest BCUT2D eigenvalue weighted by Crippen LogP contribution is -2.23. The van der Waals surface area contributed by atoms with Gasteiger partial charge < -0.3 is 10.1 Å². The molecule has 0 radical (unpaired) electrons. The minimum atomic E-state index is -0.256. The Morgan fingerprint density at radius 2 is 1.81 bits per heavy atom. The average molecular weight is 325 g/mol. The molecule has 0 spiro atoms. The Balaban J connectivity index is 2.07. The summed E-state index contributed by atoms with van der Waals surface area (Å²) in [7, 11) is 1.64. The Bertz CT molecular complexity index is 627. The van der Waals surface area contributed by atoms with Crippen LogP contribution < -0.4 is 5.32 Å². The molecule has 21 heavy (non-hydrogen) atoms. The predicted octanol–water partition coefficient (Wildman–Crippen LogP) is 3.46. The van der Waals surface area contributed by atoms with Gasteiger partial charge in [0.2, 0.25) is 0 Å². The van der Waals surface area contributed by atoms with E-state index < -0.39 is 0 Å². The summed E-state index contributed by atoms with van der Waals surface area (Å²) in [5.41, 5.74) is 2.41. The second kappa shape index (κ2) is 7.41. The molecule has 1 aromatic heterocycles. The molecular formula is C15H14Cl2N2O2. The summed E-state index contributed by atoms with van der Waals surface area (Å²) in [6.45, 7) is 0.898. The minimum absolute atomic E-state index is 0.187. The molecule has 0 aliphatic carbocycles. The van der Waals surface area contributed by atoms with E-state index in [9.17, 15) is 4.79 Å². The summed E-state index contributed by atoms with van der Waals surface area (Å²) in [5, 5.41) is 3.20. The molecule has 0 atom stereocenters. The highest BCUT2D eigenvalue weighted by atomic mass is 35.5. The summed E-state index contributed by atoms with van der Waals surface area (Å²) in [6.07, 6.45) is 0. The molecule has 1 N–H and O–H groups in total. The number of hydrogen-bond donors (Lipinski definition) is 1. The van der Waals surface area contributed by atoms with Crippen LogP contribution in [0.1, 0.15) is 21.5 Å². The maximum atomic E-state index is 12.1. The predicted molar refractivity (Wildman–Crippen MR) is 82.6 cm³/mol. The second-order valence-corrected chi connectivity index (χ2v) is 5.16. The van der Waals surface area contributed by atoms with Crippen molar-refractivity contribution in [3.63, 3.8) is 0 Å². The zero-order chi connectivity index (χ0) is 15.2. The van der Waals surface area contributed by atoms with Crippen LogP contribution in [0.3, 0.4) is 0 Å². The number of nitrogens with zero attached hydrogens (tertiary/aromatic N) is 1. The van der Waals surface area contributed by atoms with Crippen LogP contribution >= 0.6 is 23.2 Å². The van der Waals surface area contributed by atoms with E-state index in [1.54, 1.807) is 7.11 Å². The highest BCUT2D eigenvalue weighted by Gasteiger charge is 2.09. The first-order valence-corrected chi connectivity index (χ1v) is 7.02. The zero-order valence-corrected chi connectivity index (χ0v) is 12.9. The first-order valence-electron chi connectivity index (χ1n) is 6.27. The lowest BCUT2D eigenvalue weighted by atomic mass is 10.1. The van der Waals surface area contributed by atoms with Crippen LogP contribution in [-0.4, -0.2) is 18.0 Å². The first kappa shape index (κ1) is 15.8. The van der Waals surface area contributed by atoms with Crippen LogP contribution in [0, 0.1) is 0 Å². The van der Waals surface area contributed by atoms with E-state index in [0.29, 0.717) is 18.7 Å². The zero-order valence-electron chi connectivity index (χ0n) is 11.4. The Morgan fingerprint density at radius 1 is 1.19 bits per heavy atom. The van der Waals surface area contributed by atoms with Crippen molar-refractivity contribution in [2.45, 2.75) is 13.2 Å². The lowest BCUT2D eigenvalue weighted by Gasteiger charge is -2.10. The van der Waals surface area contributed by atoms with E-state index in [0.717, 1.165) is 11.1 Å². The Morgan fingerprint density at radius 3 is 2.43 bits per heavy atom. The average Bonchev–Trinajstić information content (AvgIpc) is 2.45. The molecule has 0 aliphatic rings. The molecule has 6 heteroatoms. The number of halogens is 2. The van der Waals surface area contributed by atoms with Crippen LogP contribution in [0.25, 0.3) is 0 Å². The van der Waals surface area contributed by atoms with Gasteiger partial charge in [-0.1, -0.05) is 47.5 Å². The molecule has 2 rings (SSSR count). The van der Waals surface area contributed by atoms with E-state index in [2.05, 4.69) is 10.3 Å². The first-order chi connectivity index (χ1) is 10.1. The smallest absolute Gasteiger partial charge is 0.251 e. The molecule has 0 unspecified atom stereocenters. The standard InChI is InChI=1S/C15H14Cl2N2O2/c1-21-9-11-5-3-2-4-10(11)8-18-15(20)12-6-13(16)19-14(17)7-12/h2-7H,8-9H2,1H3,(H,18,20). The monoisotopic (exact) mass is 324 g/mol. The molecule has 0 saturated heterocycles. The number of nitrogens with one attached hydrogen (secondary N) is 1. The van der Waals surface area contributed by atoms with E-state index in [1.807, 2.05) is 24.3 Å². The van der Waals surface area contributed by atoms with Gasteiger partial charge in [0.15, 0.2) is 0 Å². The topological polar surface area (TPSA) is 51.2 Å². The summed E-state index contributed by atoms with van der Waals surface area (Å²) < 4.78 is 5.14. The third-order valence-electron chi connectivity index (χ3n) is 2.88. The van der Waals surface area contributed by atoms with Crippen molar-refractivity contribution in [3.8, 4) is 0 Å². The van der Waals surface area contributed by atoms with Gasteiger partial charge in [-0.05, 0) is 23.3 Å². The van der Waals surface area contributed by atoms with E-state index in [4.69, 9.17) is 27.9 Å². The molecular weight excluding hydrogens is 311 g/mol. The van der Waals surface area contributed by atoms with Crippen LogP contribution in [0.15, 0.2) is 36.4 Å². The summed E-state index contributed by atoms with van der Waals surface area (Å²) >= 11 is 11.6. The number of hydrogen-bond acceptors (Lipinski definition) is 3. The van der Waals surface area contributed by atoms with E-state index >= 15 is 0 Å². The summed E-state index contributed by atoms with van der Waals surface area (Å²) in [5.74, 6) is -0.256. The van der Waals surface area contributed by atoms with Gasteiger partial charge in [0, 0.05) is 19.2 Å². The van der Waals surface area contributed by atoms with Gasteiger partial charge in [-0.15, -0.1) is 0 Å². The van der Waals surface area contributed by atoms with Gasteiger partial charge >= 0.3 is 0 Å². The molecule has 4 nitrogen and oxygen atoms in total. The van der Waals surface area contributed by atoms with Crippen molar-refractivity contribution in [2.24, 2.45) is 0 Å². The van der Waals surface area contributed by atoms with Gasteiger partial charge in [0.25, 0.3) is 5.91 Å². The van der Waals surface area contributed by atoms with Gasteiger partial charge in [0.1, 0.15) is 10.3 Å². The fraction of sp³-hybridized carbons (Fsp3) is 0.200. The van der Waals surface area contributed by atoms with Crippen LogP contribution in [0.5, 0.6) is 0 Å². The molecule has 0 bridgehead atoms. The second-order valence-electron chi connectivity index (χ2n) is 4.39. The summed E-state index contributed by atoms with van der Waals surface area (Å²) in [6, 6.07) is 10.7. The molecule has 110 valence electrons. The lowest BCUT2D eigenvalue weighted by molar-refractivity contribution is 0.0950. The minimum Gasteiger partial charge on any atom is -0.380 e. The molecule has 0 fully saturated rings. The number of carbonyl (C=O) groups is 1. The number of pyridine rings is 1. The van der Waals surface area contributed by atoms with E-state index in [1.165, 1.54) is 12.1 Å². The van der Waals surface area contributed by atoms with Crippen LogP contribution in [-0.2, 0) is 17.9 Å². The number of methoxy groups -OCH3 is 1. The molecule has 1 heterocycles. The van der Waals surface area contributed by atoms with Gasteiger partial charge in [-0.2, -0.15) is 0 Å². The summed E-state index contributed by atoms with van der Waals surface area (Å²) in [4.78, 5) is 15.9. The normalized spacial score (nSPS) is 10.4. The quantitative estimate of drug-likeness (QED) is 0.857. The van der Waals surface area contributed by atoms with Crippen LogP contribution in [0.4, 0.5) is 0 Å². The van der Waals surface area contributed by atoms with E-state index in [-0.39, 0.29) is 16.2 Å². The van der Waals surface area contributed by atoms with Crippen molar-refractivity contribution < 1.29 is 9.53 Å². The van der Waals surface area contributed by atoms with Gasteiger partial charge in [0.05, 0.1) is 6.61 Å². The largest absolute Gasteiger partial charge is 0.380 e. The van der Waals surface area contributed by atoms with Crippen molar-refractivity contribution >= 4 is 29.1 Å². The van der Waals surface area contributed by atoms with Crippen molar-refractivity contribution in [1.29, 1.82) is 0 Å². The van der Waals surface area contributed by atoms with Crippen molar-refractivity contribution in [2.75, 3.05) is 7.11 Å². The van der Waals surface area contributed by atoms with Crippen LogP contribution in [0.2, 0.25) is 10.3 Å². The molecule has 0 aliphatic heterocycles. The number of aromatic nitrogens is 1. The van der Waals surface area contributed by atoms with Crippen molar-refractivity contribution in [1.82, 2.24) is 10.3 Å². The number of carbonyl (C=O) groups excluding carboxylic acids is 1. The maximum Gasteiger partial charge on any atom is 0.251 e. The fourth-order valence-electron chi connectivity index (χ4n) is 1.90. The molecule has 0 saturated carbocycles. The SMILES string of the molecule is COCc1ccccc1CNC(=O)c1cc(Cl)nc(Cl)c1. The third-order valence-corrected chi connectivity index (χ3v) is 3.27. The number of amides is 1. The molecule has 2 aromatic rings. The third kappa shape index (κ3) is 4.43. The number of rotatable bonds is 5. The fourth-order valence-corrected chi connectivity index (χ4v) is 2.36. The Labute approximate surface area is 133 Å². The highest BCUT2D eigenvalue weighted by Crippen LogP contribution is 2.15. The number of ether oxygens (including phenoxy) is 1. The van der Waals surface area contributed by atoms with Gasteiger partial charge in [-0.3, -0.25) is 4.79 Å². The Kier molecular flexibility index (Phi) is 5.56.